The van der Waals surface area contributed by atoms with E-state index in [0.29, 0.717) is 17.1 Å². The molecule has 0 aliphatic heterocycles. The third-order valence-corrected chi connectivity index (χ3v) is 4.57. The SMILES string of the molecule is CCOC(=O)c1ccn(-c2cccc(NC(=O)c3ccn(-c4cccc([N+](=O)[O-])c4)n3)c2)n1. The molecule has 0 fully saturated rings. The molecule has 33 heavy (non-hydrogen) atoms. The first-order chi connectivity index (χ1) is 15.9. The number of anilines is 1. The molecule has 2 aromatic carbocycles. The highest BCUT2D eigenvalue weighted by atomic mass is 16.6. The van der Waals surface area contributed by atoms with Crippen LogP contribution in [0.4, 0.5) is 11.4 Å². The summed E-state index contributed by atoms with van der Waals surface area (Å²) in [4.78, 5) is 35.0. The molecular formula is C22H18N6O5. The highest BCUT2D eigenvalue weighted by molar-refractivity contribution is 6.03. The third-order valence-electron chi connectivity index (χ3n) is 4.57. The fourth-order valence-electron chi connectivity index (χ4n) is 3.04. The number of nitro groups is 1. The predicted molar refractivity (Wildman–Crippen MR) is 118 cm³/mol. The van der Waals surface area contributed by atoms with Crippen LogP contribution in [0.2, 0.25) is 0 Å². The Hall–Kier alpha value is -4.80. The first-order valence-electron chi connectivity index (χ1n) is 9.89. The summed E-state index contributed by atoms with van der Waals surface area (Å²) in [6.45, 7) is 1.97. The van der Waals surface area contributed by atoms with Crippen molar-refractivity contribution in [3.63, 3.8) is 0 Å². The fourth-order valence-corrected chi connectivity index (χ4v) is 3.04. The number of hydrogen-bond acceptors (Lipinski definition) is 7. The molecule has 0 atom stereocenters. The number of ether oxygens (including phenoxy) is 1. The van der Waals surface area contributed by atoms with Crippen LogP contribution in [0.5, 0.6) is 0 Å². The van der Waals surface area contributed by atoms with Crippen molar-refractivity contribution in [2.24, 2.45) is 0 Å². The zero-order chi connectivity index (χ0) is 23.4. The number of nitro benzene ring substituents is 1. The van der Waals surface area contributed by atoms with Crippen molar-refractivity contribution in [2.45, 2.75) is 6.92 Å². The van der Waals surface area contributed by atoms with Gasteiger partial charge < -0.3 is 10.1 Å². The van der Waals surface area contributed by atoms with Crippen LogP contribution in [-0.2, 0) is 4.74 Å². The van der Waals surface area contributed by atoms with Gasteiger partial charge in [0.25, 0.3) is 11.6 Å². The number of non-ortho nitro benzene ring substituents is 1. The number of nitrogens with zero attached hydrogens (tertiary/aromatic N) is 5. The van der Waals surface area contributed by atoms with E-state index in [9.17, 15) is 19.7 Å². The maximum absolute atomic E-state index is 12.7. The summed E-state index contributed by atoms with van der Waals surface area (Å²) in [5, 5.41) is 22.1. The molecule has 0 saturated carbocycles. The van der Waals surface area contributed by atoms with Crippen LogP contribution in [0.25, 0.3) is 11.4 Å². The lowest BCUT2D eigenvalue weighted by atomic mass is 10.2. The van der Waals surface area contributed by atoms with Gasteiger partial charge in [-0.3, -0.25) is 14.9 Å². The number of hydrogen-bond donors (Lipinski definition) is 1. The molecule has 1 amide bonds. The van der Waals surface area contributed by atoms with E-state index in [0.717, 1.165) is 0 Å². The molecule has 0 aliphatic rings. The number of esters is 1. The Balaban J connectivity index is 1.49. The van der Waals surface area contributed by atoms with E-state index >= 15 is 0 Å². The minimum Gasteiger partial charge on any atom is -0.461 e. The quantitative estimate of drug-likeness (QED) is 0.261. The number of amides is 1. The summed E-state index contributed by atoms with van der Waals surface area (Å²) in [7, 11) is 0. The van der Waals surface area contributed by atoms with Crippen LogP contribution < -0.4 is 5.32 Å². The Morgan fingerprint density at radius 2 is 1.61 bits per heavy atom. The number of rotatable bonds is 7. The van der Waals surface area contributed by atoms with Gasteiger partial charge in [-0.2, -0.15) is 10.2 Å². The molecule has 2 aromatic heterocycles. The zero-order valence-corrected chi connectivity index (χ0v) is 17.4. The molecule has 0 unspecified atom stereocenters. The molecule has 166 valence electrons. The lowest BCUT2D eigenvalue weighted by Gasteiger charge is -2.07. The molecule has 0 spiro atoms. The maximum Gasteiger partial charge on any atom is 0.358 e. The van der Waals surface area contributed by atoms with Gasteiger partial charge in [-0.25, -0.2) is 14.2 Å². The fraction of sp³-hybridized carbons (Fsp3) is 0.0909. The predicted octanol–water partition coefficient (Wildman–Crippen LogP) is 3.40. The van der Waals surface area contributed by atoms with Crippen LogP contribution in [0.1, 0.15) is 27.9 Å². The van der Waals surface area contributed by atoms with Crippen LogP contribution in [0, 0.1) is 10.1 Å². The Labute approximate surface area is 187 Å². The molecule has 2 heterocycles. The van der Waals surface area contributed by atoms with E-state index in [2.05, 4.69) is 15.5 Å². The smallest absolute Gasteiger partial charge is 0.358 e. The van der Waals surface area contributed by atoms with Gasteiger partial charge >= 0.3 is 5.97 Å². The average molecular weight is 446 g/mol. The van der Waals surface area contributed by atoms with Gasteiger partial charge in [0.1, 0.15) is 0 Å². The minimum atomic E-state index is -0.514. The van der Waals surface area contributed by atoms with Gasteiger partial charge in [-0.15, -0.1) is 0 Å². The third kappa shape index (κ3) is 4.77. The van der Waals surface area contributed by atoms with Crippen molar-refractivity contribution in [1.82, 2.24) is 19.6 Å². The second-order valence-corrected chi connectivity index (χ2v) is 6.79. The van der Waals surface area contributed by atoms with Crippen LogP contribution >= 0.6 is 0 Å². The summed E-state index contributed by atoms with van der Waals surface area (Å²) >= 11 is 0. The Morgan fingerprint density at radius 1 is 0.970 bits per heavy atom. The molecular weight excluding hydrogens is 428 g/mol. The Bertz CT molecular complexity index is 1340. The lowest BCUT2D eigenvalue weighted by molar-refractivity contribution is -0.384. The lowest BCUT2D eigenvalue weighted by Crippen LogP contribution is -2.13. The van der Waals surface area contributed by atoms with E-state index in [1.54, 1.807) is 61.8 Å². The van der Waals surface area contributed by atoms with Crippen LogP contribution in [0.15, 0.2) is 73.1 Å². The first kappa shape index (κ1) is 21.4. The second-order valence-electron chi connectivity index (χ2n) is 6.79. The second kappa shape index (κ2) is 9.14. The average Bonchev–Trinajstić information content (AvgIpc) is 3.50. The van der Waals surface area contributed by atoms with E-state index < -0.39 is 16.8 Å². The van der Waals surface area contributed by atoms with E-state index in [1.807, 2.05) is 0 Å². The van der Waals surface area contributed by atoms with Crippen LogP contribution in [0.3, 0.4) is 0 Å². The highest BCUT2D eigenvalue weighted by Gasteiger charge is 2.14. The molecule has 4 aromatic rings. The largest absolute Gasteiger partial charge is 0.461 e. The molecule has 11 nitrogen and oxygen atoms in total. The van der Waals surface area contributed by atoms with Crippen molar-refractivity contribution in [3.05, 3.63) is 94.6 Å². The van der Waals surface area contributed by atoms with Gasteiger partial charge in [-0.05, 0) is 43.3 Å². The minimum absolute atomic E-state index is 0.0736. The number of carbonyl (C=O) groups is 2. The first-order valence-corrected chi connectivity index (χ1v) is 9.89. The maximum atomic E-state index is 12.7. The molecule has 11 heteroatoms. The molecule has 0 bridgehead atoms. The number of nitrogens with one attached hydrogen (secondary N) is 1. The standard InChI is InChI=1S/C22H18N6O5/c1-2-33-22(30)20-10-12-26(25-20)16-6-3-5-15(13-16)23-21(29)19-9-11-27(24-19)17-7-4-8-18(14-17)28(31)32/h3-14H,2H2,1H3,(H,23,29). The summed E-state index contributed by atoms with van der Waals surface area (Å²) in [5.41, 5.74) is 1.83. The number of benzene rings is 2. The van der Waals surface area contributed by atoms with Gasteiger partial charge in [0.15, 0.2) is 11.4 Å². The Morgan fingerprint density at radius 3 is 2.30 bits per heavy atom. The summed E-state index contributed by atoms with van der Waals surface area (Å²) in [6, 6.07) is 15.9. The van der Waals surface area contributed by atoms with Gasteiger partial charge in [-0.1, -0.05) is 12.1 Å². The number of aromatic nitrogens is 4. The van der Waals surface area contributed by atoms with E-state index in [-0.39, 0.29) is 23.7 Å². The van der Waals surface area contributed by atoms with Crippen molar-refractivity contribution >= 4 is 23.3 Å². The summed E-state index contributed by atoms with van der Waals surface area (Å²) in [6.07, 6.45) is 3.17. The van der Waals surface area contributed by atoms with E-state index in [4.69, 9.17) is 4.74 Å². The Kier molecular flexibility index (Phi) is 5.94. The van der Waals surface area contributed by atoms with Crippen LogP contribution in [-0.4, -0.2) is 43.0 Å². The molecule has 4 rings (SSSR count). The number of carbonyl (C=O) groups excluding carboxylic acids is 2. The molecule has 0 radical (unpaired) electrons. The van der Waals surface area contributed by atoms with Gasteiger partial charge in [0, 0.05) is 30.2 Å². The highest BCUT2D eigenvalue weighted by Crippen LogP contribution is 2.18. The van der Waals surface area contributed by atoms with Gasteiger partial charge in [0.2, 0.25) is 0 Å². The zero-order valence-electron chi connectivity index (χ0n) is 17.4. The monoisotopic (exact) mass is 446 g/mol. The molecule has 1 N–H and O–H groups in total. The topological polar surface area (TPSA) is 134 Å². The molecule has 0 aliphatic carbocycles. The van der Waals surface area contributed by atoms with Crippen molar-refractivity contribution in [1.29, 1.82) is 0 Å². The van der Waals surface area contributed by atoms with E-state index in [1.165, 1.54) is 27.6 Å². The van der Waals surface area contributed by atoms with Crippen molar-refractivity contribution in [3.8, 4) is 11.4 Å². The van der Waals surface area contributed by atoms with Crippen molar-refractivity contribution in [2.75, 3.05) is 11.9 Å². The summed E-state index contributed by atoms with van der Waals surface area (Å²) < 4.78 is 7.83. The molecule has 0 saturated heterocycles. The normalized spacial score (nSPS) is 10.6. The summed E-state index contributed by atoms with van der Waals surface area (Å²) in [5.74, 6) is -0.968. The van der Waals surface area contributed by atoms with Crippen molar-refractivity contribution < 1.29 is 19.2 Å². The van der Waals surface area contributed by atoms with Gasteiger partial charge in [0.05, 0.1) is 22.9 Å².